The highest BCUT2D eigenvalue weighted by atomic mass is 16.5. The van der Waals surface area contributed by atoms with Gasteiger partial charge in [0.15, 0.2) is 0 Å². The molecule has 168 valence electrons. The van der Waals surface area contributed by atoms with Crippen LogP contribution in [-0.2, 0) is 20.0 Å². The Labute approximate surface area is 190 Å². The van der Waals surface area contributed by atoms with E-state index in [1.54, 1.807) is 16.8 Å². The van der Waals surface area contributed by atoms with Crippen LogP contribution in [-0.4, -0.2) is 33.7 Å². The standard InChI is InChI=1S/C27H33N3O2/c1-5-9-20(6-2)19-32-22-13-15-30(27(31)17-22)21-11-12-23-24-18-29(7-3)14-8-10-25(24)28(4)26(23)16-21/h5-6,9,11-13,15-17H,7-8,10,14,18-19H2,1-4H3. The molecular formula is C27H33N3O2. The van der Waals surface area contributed by atoms with Crippen molar-refractivity contribution in [2.75, 3.05) is 19.7 Å². The van der Waals surface area contributed by atoms with Crippen LogP contribution in [0.1, 0.15) is 38.4 Å². The summed E-state index contributed by atoms with van der Waals surface area (Å²) in [7, 11) is 2.15. The molecule has 0 aliphatic carbocycles. The lowest BCUT2D eigenvalue weighted by Gasteiger charge is -2.17. The molecule has 0 radical (unpaired) electrons. The number of aromatic nitrogens is 2. The van der Waals surface area contributed by atoms with E-state index < -0.39 is 0 Å². The Bertz CT molecular complexity index is 1230. The van der Waals surface area contributed by atoms with Crippen molar-refractivity contribution in [2.24, 2.45) is 7.05 Å². The minimum Gasteiger partial charge on any atom is -0.489 e. The number of pyridine rings is 1. The molecule has 1 aliphatic heterocycles. The van der Waals surface area contributed by atoms with Crippen molar-refractivity contribution in [1.29, 1.82) is 0 Å². The van der Waals surface area contributed by atoms with Gasteiger partial charge < -0.3 is 9.30 Å². The van der Waals surface area contributed by atoms with Crippen LogP contribution in [0.25, 0.3) is 16.6 Å². The number of allylic oxidation sites excluding steroid dienone is 2. The molecule has 3 heterocycles. The second kappa shape index (κ2) is 9.61. The van der Waals surface area contributed by atoms with Crippen molar-refractivity contribution < 1.29 is 4.74 Å². The molecule has 0 fully saturated rings. The number of rotatable bonds is 6. The Balaban J connectivity index is 1.64. The molecule has 0 amide bonds. The Hall–Kier alpha value is -3.05. The van der Waals surface area contributed by atoms with Crippen LogP contribution < -0.4 is 10.3 Å². The van der Waals surface area contributed by atoms with Gasteiger partial charge in [0, 0.05) is 36.9 Å². The highest BCUT2D eigenvalue weighted by Gasteiger charge is 2.20. The summed E-state index contributed by atoms with van der Waals surface area (Å²) in [6.45, 7) is 9.85. The third-order valence-electron chi connectivity index (χ3n) is 6.46. The molecule has 3 aromatic rings. The lowest BCUT2D eigenvalue weighted by atomic mass is 10.1. The fourth-order valence-corrected chi connectivity index (χ4v) is 4.62. The number of fused-ring (bicyclic) bond motifs is 3. The number of hydrogen-bond acceptors (Lipinski definition) is 3. The van der Waals surface area contributed by atoms with Gasteiger partial charge in [0.05, 0.1) is 11.2 Å². The lowest BCUT2D eigenvalue weighted by Crippen LogP contribution is -2.22. The molecule has 0 atom stereocenters. The number of benzene rings is 1. The summed E-state index contributed by atoms with van der Waals surface area (Å²) < 4.78 is 9.82. The van der Waals surface area contributed by atoms with E-state index in [4.69, 9.17) is 4.74 Å². The van der Waals surface area contributed by atoms with Crippen molar-refractivity contribution in [2.45, 2.75) is 40.2 Å². The van der Waals surface area contributed by atoms with Gasteiger partial charge in [0.2, 0.25) is 0 Å². The summed E-state index contributed by atoms with van der Waals surface area (Å²) in [6.07, 6.45) is 10.1. The average Bonchev–Trinajstić information content (AvgIpc) is 2.95. The molecule has 0 bridgehead atoms. The Kier molecular flexibility index (Phi) is 6.66. The molecular weight excluding hydrogens is 398 g/mol. The van der Waals surface area contributed by atoms with Crippen molar-refractivity contribution in [1.82, 2.24) is 14.0 Å². The third kappa shape index (κ3) is 4.30. The van der Waals surface area contributed by atoms with E-state index in [0.717, 1.165) is 37.3 Å². The highest BCUT2D eigenvalue weighted by Crippen LogP contribution is 2.31. The molecule has 0 unspecified atom stereocenters. The Morgan fingerprint density at radius 3 is 2.75 bits per heavy atom. The zero-order valence-corrected chi connectivity index (χ0v) is 19.6. The summed E-state index contributed by atoms with van der Waals surface area (Å²) in [4.78, 5) is 15.4. The van der Waals surface area contributed by atoms with E-state index in [0.29, 0.717) is 12.4 Å². The number of hydrogen-bond donors (Lipinski definition) is 0. The molecule has 0 saturated carbocycles. The van der Waals surface area contributed by atoms with Crippen molar-refractivity contribution in [3.05, 3.63) is 81.9 Å². The Morgan fingerprint density at radius 1 is 1.19 bits per heavy atom. The van der Waals surface area contributed by atoms with Gasteiger partial charge in [0.1, 0.15) is 12.4 Å². The first kappa shape index (κ1) is 22.2. The van der Waals surface area contributed by atoms with Gasteiger partial charge in [-0.15, -0.1) is 0 Å². The SMILES string of the molecule is CC=CC(=CC)COc1ccn(-c2ccc3c4c(n(C)c3c2)CCCN(CC)C4)c(=O)c1. The minimum absolute atomic E-state index is 0.0946. The summed E-state index contributed by atoms with van der Waals surface area (Å²) in [5.41, 5.74) is 5.90. The van der Waals surface area contributed by atoms with Crippen molar-refractivity contribution in [3.63, 3.8) is 0 Å². The largest absolute Gasteiger partial charge is 0.489 e. The molecule has 1 aromatic carbocycles. The molecule has 5 nitrogen and oxygen atoms in total. The van der Waals surface area contributed by atoms with E-state index in [-0.39, 0.29) is 5.56 Å². The number of ether oxygens (including phenoxy) is 1. The van der Waals surface area contributed by atoms with Crippen LogP contribution in [0.15, 0.2) is 65.1 Å². The Morgan fingerprint density at radius 2 is 2.03 bits per heavy atom. The first-order valence-corrected chi connectivity index (χ1v) is 11.5. The van der Waals surface area contributed by atoms with Crippen LogP contribution in [0, 0.1) is 0 Å². The van der Waals surface area contributed by atoms with Gasteiger partial charge in [0.25, 0.3) is 5.56 Å². The predicted octanol–water partition coefficient (Wildman–Crippen LogP) is 5.00. The lowest BCUT2D eigenvalue weighted by molar-refractivity contribution is 0.285. The fourth-order valence-electron chi connectivity index (χ4n) is 4.62. The third-order valence-corrected chi connectivity index (χ3v) is 6.46. The highest BCUT2D eigenvalue weighted by molar-refractivity contribution is 5.87. The second-order valence-electron chi connectivity index (χ2n) is 8.38. The van der Waals surface area contributed by atoms with Gasteiger partial charge in [-0.05, 0) is 69.1 Å². The monoisotopic (exact) mass is 431 g/mol. The first-order chi connectivity index (χ1) is 15.5. The number of nitrogens with zero attached hydrogens (tertiary/aromatic N) is 3. The smallest absolute Gasteiger partial charge is 0.258 e. The molecule has 0 spiro atoms. The van der Waals surface area contributed by atoms with Crippen LogP contribution in [0.4, 0.5) is 0 Å². The molecule has 4 rings (SSSR count). The molecule has 1 aliphatic rings. The van der Waals surface area contributed by atoms with Crippen LogP contribution in [0.2, 0.25) is 0 Å². The van der Waals surface area contributed by atoms with Gasteiger partial charge in [-0.3, -0.25) is 14.3 Å². The maximum atomic E-state index is 12.9. The van der Waals surface area contributed by atoms with E-state index >= 15 is 0 Å². The molecule has 2 aromatic heterocycles. The average molecular weight is 432 g/mol. The van der Waals surface area contributed by atoms with E-state index in [1.165, 1.54) is 28.6 Å². The maximum absolute atomic E-state index is 12.9. The van der Waals surface area contributed by atoms with Crippen LogP contribution in [0.5, 0.6) is 5.75 Å². The normalized spacial score (nSPS) is 15.3. The summed E-state index contributed by atoms with van der Waals surface area (Å²) >= 11 is 0. The second-order valence-corrected chi connectivity index (χ2v) is 8.38. The van der Waals surface area contributed by atoms with Crippen LogP contribution >= 0.6 is 0 Å². The fraction of sp³-hybridized carbons (Fsp3) is 0.370. The summed E-state index contributed by atoms with van der Waals surface area (Å²) in [6, 6.07) is 9.77. The van der Waals surface area contributed by atoms with Crippen LogP contribution in [0.3, 0.4) is 0 Å². The van der Waals surface area contributed by atoms with E-state index in [2.05, 4.69) is 41.6 Å². The summed E-state index contributed by atoms with van der Waals surface area (Å²) in [5.74, 6) is 0.585. The summed E-state index contributed by atoms with van der Waals surface area (Å²) in [5, 5.41) is 1.29. The van der Waals surface area contributed by atoms with Gasteiger partial charge in [-0.1, -0.05) is 31.2 Å². The minimum atomic E-state index is -0.0946. The number of aryl methyl sites for hydroxylation is 1. The molecule has 5 heteroatoms. The first-order valence-electron chi connectivity index (χ1n) is 11.5. The molecule has 32 heavy (non-hydrogen) atoms. The molecule has 0 saturated heterocycles. The predicted molar refractivity (Wildman–Crippen MR) is 132 cm³/mol. The van der Waals surface area contributed by atoms with Crippen molar-refractivity contribution >= 4 is 10.9 Å². The van der Waals surface area contributed by atoms with E-state index in [9.17, 15) is 4.79 Å². The topological polar surface area (TPSA) is 39.4 Å². The van der Waals surface area contributed by atoms with Gasteiger partial charge in [-0.25, -0.2) is 0 Å². The zero-order valence-electron chi connectivity index (χ0n) is 19.6. The zero-order chi connectivity index (χ0) is 22.7. The van der Waals surface area contributed by atoms with E-state index in [1.807, 2.05) is 38.1 Å². The molecule has 0 N–H and O–H groups in total. The van der Waals surface area contributed by atoms with Gasteiger partial charge >= 0.3 is 0 Å². The van der Waals surface area contributed by atoms with Gasteiger partial charge in [-0.2, -0.15) is 0 Å². The quantitative estimate of drug-likeness (QED) is 0.516. The maximum Gasteiger partial charge on any atom is 0.258 e. The van der Waals surface area contributed by atoms with Crippen molar-refractivity contribution in [3.8, 4) is 11.4 Å².